The Morgan fingerprint density at radius 1 is 0.598 bits per heavy atom. The van der Waals surface area contributed by atoms with Gasteiger partial charge in [0.15, 0.2) is 11.9 Å². The molecule has 82 heavy (non-hydrogen) atoms. The van der Waals surface area contributed by atoms with Crippen LogP contribution >= 0.6 is 0 Å². The monoisotopic (exact) mass is 1140 g/mol. The SMILES string of the molecule is CCOc1ccc(C[C@@H](NC(=O)CC23CC4CC(CC(C4)C2)C3)C(=O)N[C@@H](Cc2ccccc2)C(=O)N[C@H](C(=O)N[C@@H](CC(N)=O)C(=O)N[C@@H](CCCN=C(N)N)C(=O)N(C)[C@@H](C)C(=O)N[C@@H](CCCN=C(N)N)C(N)=O)C(C)C)cc1. The van der Waals surface area contributed by atoms with Crippen molar-refractivity contribution < 1.29 is 47.9 Å². The minimum Gasteiger partial charge on any atom is -0.494 e. The highest BCUT2D eigenvalue weighted by Gasteiger charge is 2.51. The Hall–Kier alpha value is -7.99. The molecule has 18 N–H and O–H groups in total. The lowest BCUT2D eigenvalue weighted by Crippen LogP contribution is -2.61. The van der Waals surface area contributed by atoms with Crippen molar-refractivity contribution in [1.82, 2.24) is 36.8 Å². The van der Waals surface area contributed by atoms with E-state index in [-0.39, 0.29) is 74.9 Å². The minimum atomic E-state index is -1.69. The second kappa shape index (κ2) is 30.7. The third-order valence-corrected chi connectivity index (χ3v) is 15.7. The third kappa shape index (κ3) is 19.9. The zero-order valence-electron chi connectivity index (χ0n) is 48.0. The zero-order chi connectivity index (χ0) is 60.3. The van der Waals surface area contributed by atoms with E-state index in [1.54, 1.807) is 56.3 Å². The maximum atomic E-state index is 14.7. The van der Waals surface area contributed by atoms with Gasteiger partial charge in [0.05, 0.1) is 13.0 Å². The Morgan fingerprint density at radius 3 is 1.59 bits per heavy atom. The van der Waals surface area contributed by atoms with E-state index in [1.807, 2.05) is 19.1 Å². The van der Waals surface area contributed by atoms with Crippen molar-refractivity contribution in [3.8, 4) is 5.75 Å². The number of carbonyl (C=O) groups is 9. The first-order chi connectivity index (χ1) is 38.8. The van der Waals surface area contributed by atoms with Gasteiger partial charge in [-0.2, -0.15) is 0 Å². The van der Waals surface area contributed by atoms with Crippen molar-refractivity contribution in [1.29, 1.82) is 0 Å². The second-order valence-corrected chi connectivity index (χ2v) is 22.8. The van der Waals surface area contributed by atoms with Gasteiger partial charge in [0.2, 0.25) is 53.2 Å². The number of amides is 9. The van der Waals surface area contributed by atoms with Gasteiger partial charge in [-0.15, -0.1) is 0 Å². The zero-order valence-corrected chi connectivity index (χ0v) is 48.0. The minimum absolute atomic E-state index is 0.0195. The molecule has 0 unspecified atom stereocenters. The number of primary amides is 2. The number of aliphatic imine (C=N–C) groups is 2. The standard InChI is InChI=1S/C57H87N15O10/c1-6-82-39-18-16-35(17-19-39)26-42(66-46(74)31-57-28-36-22-37(29-57)24-38(23-36)30-57)50(77)69-43(25-34-12-8-7-9-13-34)52(79)71-47(32(2)3)53(80)70-44(27-45(58)73)51(78)68-41(15-11-21-65-56(62)63)54(81)72(5)33(4)49(76)67-40(48(59)75)14-10-20-64-55(60)61/h7-9,12-13,16-19,32-33,36-38,40-44,47H,6,10-11,14-15,20-31H2,1-5H3,(H2,58,73)(H2,59,75)(H,66,74)(H,67,76)(H,68,78)(H,69,77)(H,70,80)(H,71,79)(H4,60,61,64)(H4,62,63,65)/t33-,36?,37?,38?,40-,41-,42+,43-,44-,47-,57?/m0/s1. The molecule has 4 aliphatic rings. The van der Waals surface area contributed by atoms with Crippen LogP contribution in [0.1, 0.15) is 116 Å². The summed E-state index contributed by atoms with van der Waals surface area (Å²) in [6.07, 6.45) is 6.65. The van der Waals surface area contributed by atoms with E-state index in [9.17, 15) is 43.2 Å². The Kier molecular flexibility index (Phi) is 24.3. The third-order valence-electron chi connectivity index (χ3n) is 15.7. The van der Waals surface area contributed by atoms with Crippen molar-refractivity contribution >= 4 is 65.1 Å². The summed E-state index contributed by atoms with van der Waals surface area (Å²) in [5.74, 6) is -5.46. The molecular weight excluding hydrogens is 1050 g/mol. The Labute approximate surface area is 479 Å². The number of hydrogen-bond donors (Lipinski definition) is 12. The van der Waals surface area contributed by atoms with Gasteiger partial charge in [-0.05, 0) is 130 Å². The molecule has 2 aromatic rings. The summed E-state index contributed by atoms with van der Waals surface area (Å²) in [7, 11) is 1.30. The normalized spacial score (nSPS) is 20.2. The van der Waals surface area contributed by atoms with Gasteiger partial charge < -0.3 is 75.9 Å². The molecule has 0 radical (unpaired) electrons. The summed E-state index contributed by atoms with van der Waals surface area (Å²) in [5, 5.41) is 16.4. The molecule has 4 saturated carbocycles. The first kappa shape index (κ1) is 64.8. The van der Waals surface area contributed by atoms with Crippen LogP contribution in [0.5, 0.6) is 5.75 Å². The molecule has 4 bridgehead atoms. The number of hydrogen-bond acceptors (Lipinski definition) is 12. The first-order valence-electron chi connectivity index (χ1n) is 28.4. The number of guanidine groups is 2. The number of ether oxygens (including phenoxy) is 1. The van der Waals surface area contributed by atoms with Crippen LogP contribution in [-0.2, 0) is 56.0 Å². The molecule has 0 heterocycles. The molecule has 4 fully saturated rings. The molecular formula is C57H87N15O10. The summed E-state index contributed by atoms with van der Waals surface area (Å²) in [5.41, 5.74) is 34.2. The quantitative estimate of drug-likeness (QED) is 0.0240. The number of carbonyl (C=O) groups excluding carboxylic acids is 9. The number of nitrogens with zero attached hydrogens (tertiary/aromatic N) is 3. The van der Waals surface area contributed by atoms with Gasteiger partial charge >= 0.3 is 0 Å². The second-order valence-electron chi connectivity index (χ2n) is 22.8. The van der Waals surface area contributed by atoms with Crippen LogP contribution in [0.25, 0.3) is 0 Å². The van der Waals surface area contributed by atoms with Crippen molar-refractivity contribution in [2.75, 3.05) is 26.7 Å². The van der Waals surface area contributed by atoms with E-state index in [1.165, 1.54) is 33.2 Å². The predicted molar refractivity (Wildman–Crippen MR) is 308 cm³/mol. The van der Waals surface area contributed by atoms with Gasteiger partial charge in [-0.1, -0.05) is 56.3 Å². The van der Waals surface area contributed by atoms with Gasteiger partial charge in [0.25, 0.3) is 0 Å². The molecule has 4 aliphatic carbocycles. The highest BCUT2D eigenvalue weighted by Crippen LogP contribution is 2.61. The van der Waals surface area contributed by atoms with Crippen LogP contribution < -0.4 is 71.0 Å². The molecule has 450 valence electrons. The lowest BCUT2D eigenvalue weighted by Gasteiger charge is -2.56. The van der Waals surface area contributed by atoms with Crippen molar-refractivity contribution in [2.24, 2.45) is 73.5 Å². The van der Waals surface area contributed by atoms with Crippen LogP contribution in [-0.4, -0.2) is 139 Å². The summed E-state index contributed by atoms with van der Waals surface area (Å²) in [4.78, 5) is 133. The van der Waals surface area contributed by atoms with E-state index >= 15 is 0 Å². The molecule has 7 atom stereocenters. The lowest BCUT2D eigenvalue weighted by molar-refractivity contribution is -0.142. The molecule has 0 aliphatic heterocycles. The molecule has 0 aromatic heterocycles. The molecule has 6 rings (SSSR count). The Morgan fingerprint density at radius 2 is 1.07 bits per heavy atom. The van der Waals surface area contributed by atoms with Gasteiger partial charge in [0, 0.05) is 39.4 Å². The van der Waals surface area contributed by atoms with E-state index in [0.717, 1.165) is 29.7 Å². The van der Waals surface area contributed by atoms with Crippen LogP contribution in [0.4, 0.5) is 0 Å². The average molecular weight is 1140 g/mol. The lowest BCUT2D eigenvalue weighted by atomic mass is 9.49. The van der Waals surface area contributed by atoms with E-state index in [2.05, 4.69) is 41.9 Å². The molecule has 9 amide bonds. The topological polar surface area (TPSA) is 419 Å². The Bertz CT molecular complexity index is 2570. The van der Waals surface area contributed by atoms with Crippen LogP contribution in [0.2, 0.25) is 0 Å². The van der Waals surface area contributed by atoms with Crippen molar-refractivity contribution in [3.05, 3.63) is 65.7 Å². The summed E-state index contributed by atoms with van der Waals surface area (Å²) >= 11 is 0. The van der Waals surface area contributed by atoms with Gasteiger partial charge in [-0.3, -0.25) is 53.1 Å². The molecule has 0 spiro atoms. The smallest absolute Gasteiger partial charge is 0.245 e. The molecule has 2 aromatic carbocycles. The van der Waals surface area contributed by atoms with Gasteiger partial charge in [0.1, 0.15) is 48.0 Å². The molecule has 0 saturated heterocycles. The number of nitrogens with one attached hydrogen (secondary N) is 6. The van der Waals surface area contributed by atoms with E-state index in [0.29, 0.717) is 42.1 Å². The number of nitrogens with two attached hydrogens (primary N) is 6. The maximum Gasteiger partial charge on any atom is 0.245 e. The summed E-state index contributed by atoms with van der Waals surface area (Å²) < 4.78 is 5.64. The first-order valence-corrected chi connectivity index (χ1v) is 28.4. The van der Waals surface area contributed by atoms with E-state index < -0.39 is 102 Å². The summed E-state index contributed by atoms with van der Waals surface area (Å²) in [6.45, 7) is 7.19. The van der Waals surface area contributed by atoms with E-state index in [4.69, 9.17) is 39.1 Å². The maximum absolute atomic E-state index is 14.7. The van der Waals surface area contributed by atoms with Gasteiger partial charge in [-0.25, -0.2) is 0 Å². The fourth-order valence-corrected chi connectivity index (χ4v) is 11.9. The van der Waals surface area contributed by atoms with Crippen molar-refractivity contribution in [3.63, 3.8) is 0 Å². The van der Waals surface area contributed by atoms with Crippen molar-refractivity contribution in [2.45, 2.75) is 160 Å². The fraction of sp³-hybridized carbons (Fsp3) is 0.596. The molecule has 25 heteroatoms. The number of benzene rings is 2. The van der Waals surface area contributed by atoms with Crippen LogP contribution in [0.3, 0.4) is 0 Å². The van der Waals surface area contributed by atoms with Crippen LogP contribution in [0.15, 0.2) is 64.6 Å². The summed E-state index contributed by atoms with van der Waals surface area (Å²) in [6, 6.07) is 6.92. The number of rotatable bonds is 33. The fourth-order valence-electron chi connectivity index (χ4n) is 11.9. The molecule has 25 nitrogen and oxygen atoms in total. The highest BCUT2D eigenvalue weighted by molar-refractivity contribution is 5.99. The Balaban J connectivity index is 1.34. The predicted octanol–water partition coefficient (Wildman–Crippen LogP) is -0.643. The largest absolute Gasteiger partial charge is 0.494 e. The average Bonchev–Trinajstić information content (AvgIpc) is 3.38. The number of likely N-dealkylation sites (N-methyl/N-ethyl adjacent to an activating group) is 1. The van der Waals surface area contributed by atoms with Crippen LogP contribution in [0, 0.1) is 29.1 Å². The highest BCUT2D eigenvalue weighted by atomic mass is 16.5.